The summed E-state index contributed by atoms with van der Waals surface area (Å²) < 4.78 is 54.6. The predicted octanol–water partition coefficient (Wildman–Crippen LogP) is 4.19. The number of nitrogens with one attached hydrogen (secondary N) is 1. The SMILES string of the molecule is CC(C)[C@@H](C#N)NC(=O)[C@@H]1C[C@@H](F)CC[C@H]1c1nn(-c2ncccc2F)cc1-c1ccc(N2CCS(=O)(=O)CC2)cc1. The van der Waals surface area contributed by atoms with Crippen LogP contribution in [-0.4, -0.2) is 65.9 Å². The van der Waals surface area contributed by atoms with Crippen LogP contribution in [0.25, 0.3) is 16.9 Å². The molecule has 0 radical (unpaired) electrons. The van der Waals surface area contributed by atoms with E-state index < -0.39 is 45.6 Å². The summed E-state index contributed by atoms with van der Waals surface area (Å²) in [6.07, 6.45) is 2.57. The van der Waals surface area contributed by atoms with E-state index in [4.69, 9.17) is 5.10 Å². The third kappa shape index (κ3) is 6.31. The summed E-state index contributed by atoms with van der Waals surface area (Å²) in [4.78, 5) is 19.6. The molecule has 1 aliphatic carbocycles. The first-order valence-corrected chi connectivity index (χ1v) is 16.0. The average Bonchev–Trinajstić information content (AvgIpc) is 3.41. The Labute approximate surface area is 244 Å². The van der Waals surface area contributed by atoms with Crippen molar-refractivity contribution in [2.24, 2.45) is 11.8 Å². The molecule has 9 nitrogen and oxygen atoms in total. The Kier molecular flexibility index (Phi) is 8.59. The van der Waals surface area contributed by atoms with Crippen molar-refractivity contribution in [2.75, 3.05) is 29.5 Å². The van der Waals surface area contributed by atoms with Gasteiger partial charge in [0.25, 0.3) is 0 Å². The van der Waals surface area contributed by atoms with Crippen molar-refractivity contribution in [3.63, 3.8) is 0 Å². The van der Waals surface area contributed by atoms with Crippen molar-refractivity contribution >= 4 is 21.4 Å². The highest BCUT2D eigenvalue weighted by atomic mass is 32.2. The number of benzene rings is 1. The standard InChI is InChI=1S/C30H34F2N6O3S/c1-19(2)27(17-33)35-30(39)24-16-21(31)7-10-23(24)28-25(18-38(36-28)29-26(32)4-3-11-34-29)20-5-8-22(9-6-20)37-12-14-42(40,41)15-13-37/h3-6,8-9,11,18-19,21,23-24,27H,7,10,12-16H2,1-2H3,(H,35,39)/t21-,23+,24+,27+/m0/s1. The molecule has 1 saturated heterocycles. The zero-order valence-corrected chi connectivity index (χ0v) is 24.4. The van der Waals surface area contributed by atoms with E-state index in [0.29, 0.717) is 30.8 Å². The van der Waals surface area contributed by atoms with E-state index in [0.717, 1.165) is 11.3 Å². The number of carbonyl (C=O) groups is 1. The molecule has 2 aliphatic rings. The van der Waals surface area contributed by atoms with E-state index in [-0.39, 0.29) is 36.1 Å². The lowest BCUT2D eigenvalue weighted by Crippen LogP contribution is -2.44. The Hall–Kier alpha value is -3.85. The van der Waals surface area contributed by atoms with Crippen LogP contribution in [-0.2, 0) is 14.6 Å². The van der Waals surface area contributed by atoms with Crippen LogP contribution in [0, 0.1) is 29.0 Å². The van der Waals surface area contributed by atoms with Gasteiger partial charge in [0.2, 0.25) is 5.91 Å². The van der Waals surface area contributed by atoms with Crippen LogP contribution in [0.5, 0.6) is 0 Å². The molecule has 222 valence electrons. The molecule has 12 heteroatoms. The van der Waals surface area contributed by atoms with Gasteiger partial charge in [-0.25, -0.2) is 26.9 Å². The minimum atomic E-state index is -3.02. The molecule has 4 atom stereocenters. The summed E-state index contributed by atoms with van der Waals surface area (Å²) in [5.74, 6) is -2.13. The lowest BCUT2D eigenvalue weighted by molar-refractivity contribution is -0.128. The lowest BCUT2D eigenvalue weighted by Gasteiger charge is -2.33. The molecule has 1 aliphatic heterocycles. The minimum absolute atomic E-state index is 0.000627. The third-order valence-electron chi connectivity index (χ3n) is 8.16. The number of carbonyl (C=O) groups excluding carboxylic acids is 1. The van der Waals surface area contributed by atoms with Gasteiger partial charge in [0, 0.05) is 48.6 Å². The van der Waals surface area contributed by atoms with Gasteiger partial charge in [-0.3, -0.25) is 4.79 Å². The Bertz CT molecular complexity index is 1570. The number of alkyl halides is 1. The fraction of sp³-hybridized carbons (Fsp3) is 0.467. The maximum Gasteiger partial charge on any atom is 0.224 e. The van der Waals surface area contributed by atoms with Gasteiger partial charge in [-0.05, 0) is 55.0 Å². The van der Waals surface area contributed by atoms with E-state index in [1.165, 1.54) is 23.0 Å². The highest BCUT2D eigenvalue weighted by Gasteiger charge is 2.40. The van der Waals surface area contributed by atoms with Crippen molar-refractivity contribution in [3.8, 4) is 23.0 Å². The van der Waals surface area contributed by atoms with Gasteiger partial charge in [0.1, 0.15) is 12.2 Å². The Balaban J connectivity index is 1.53. The molecule has 0 spiro atoms. The molecule has 3 aromatic rings. The van der Waals surface area contributed by atoms with Crippen LogP contribution in [0.15, 0.2) is 48.8 Å². The van der Waals surface area contributed by atoms with Crippen LogP contribution in [0.2, 0.25) is 0 Å². The zero-order chi connectivity index (χ0) is 30.0. The van der Waals surface area contributed by atoms with Gasteiger partial charge in [0.05, 0.1) is 23.3 Å². The zero-order valence-electron chi connectivity index (χ0n) is 23.6. The summed E-state index contributed by atoms with van der Waals surface area (Å²) in [5.41, 5.74) is 2.83. The van der Waals surface area contributed by atoms with Gasteiger partial charge < -0.3 is 10.2 Å². The number of halogens is 2. The molecular weight excluding hydrogens is 562 g/mol. The number of pyridine rings is 1. The number of rotatable bonds is 7. The normalized spacial score (nSPS) is 22.9. The Morgan fingerprint density at radius 1 is 1.14 bits per heavy atom. The molecule has 1 N–H and O–H groups in total. The lowest BCUT2D eigenvalue weighted by atomic mass is 9.74. The van der Waals surface area contributed by atoms with Crippen molar-refractivity contribution in [2.45, 2.75) is 51.2 Å². The van der Waals surface area contributed by atoms with Crippen molar-refractivity contribution in [1.82, 2.24) is 20.1 Å². The molecule has 1 saturated carbocycles. The summed E-state index contributed by atoms with van der Waals surface area (Å²) in [6.45, 7) is 4.48. The maximum absolute atomic E-state index is 14.8. The molecule has 2 aromatic heterocycles. The van der Waals surface area contributed by atoms with Crippen LogP contribution < -0.4 is 10.2 Å². The molecule has 1 aromatic carbocycles. The van der Waals surface area contributed by atoms with Gasteiger partial charge in [-0.15, -0.1) is 0 Å². The summed E-state index contributed by atoms with van der Waals surface area (Å²) in [5, 5.41) is 17.1. The first-order chi connectivity index (χ1) is 20.1. The largest absolute Gasteiger partial charge is 0.369 e. The number of sulfone groups is 1. The predicted molar refractivity (Wildman–Crippen MR) is 155 cm³/mol. The molecule has 1 amide bonds. The molecule has 5 rings (SSSR count). The van der Waals surface area contributed by atoms with Crippen LogP contribution >= 0.6 is 0 Å². The first-order valence-electron chi connectivity index (χ1n) is 14.2. The minimum Gasteiger partial charge on any atom is -0.369 e. The van der Waals surface area contributed by atoms with Crippen LogP contribution in [0.3, 0.4) is 0 Å². The molecular formula is C30H34F2N6O3S. The number of hydrogen-bond donors (Lipinski definition) is 1. The van der Waals surface area contributed by atoms with Gasteiger partial charge in [-0.2, -0.15) is 10.4 Å². The van der Waals surface area contributed by atoms with E-state index in [1.54, 1.807) is 6.20 Å². The highest BCUT2D eigenvalue weighted by molar-refractivity contribution is 7.91. The first kappa shape index (κ1) is 29.6. The monoisotopic (exact) mass is 596 g/mol. The average molecular weight is 597 g/mol. The fourth-order valence-corrected chi connectivity index (χ4v) is 6.91. The smallest absolute Gasteiger partial charge is 0.224 e. The molecule has 3 heterocycles. The summed E-state index contributed by atoms with van der Waals surface area (Å²) >= 11 is 0. The second-order valence-corrected chi connectivity index (χ2v) is 13.7. The number of anilines is 1. The van der Waals surface area contributed by atoms with Gasteiger partial charge in [-0.1, -0.05) is 26.0 Å². The summed E-state index contributed by atoms with van der Waals surface area (Å²) in [6, 6.07) is 11.7. The molecule has 0 unspecified atom stereocenters. The van der Waals surface area contributed by atoms with E-state index in [9.17, 15) is 27.3 Å². The van der Waals surface area contributed by atoms with Crippen LogP contribution in [0.1, 0.15) is 44.7 Å². The number of amides is 1. The molecule has 2 fully saturated rings. The van der Waals surface area contributed by atoms with Crippen LogP contribution in [0.4, 0.5) is 14.5 Å². The summed E-state index contributed by atoms with van der Waals surface area (Å²) in [7, 11) is -3.02. The van der Waals surface area contributed by atoms with E-state index in [1.807, 2.05) is 43.0 Å². The topological polar surface area (TPSA) is 121 Å². The van der Waals surface area contributed by atoms with Gasteiger partial charge >= 0.3 is 0 Å². The number of aromatic nitrogens is 3. The van der Waals surface area contributed by atoms with Crippen molar-refractivity contribution in [3.05, 3.63) is 60.3 Å². The number of nitriles is 1. The highest BCUT2D eigenvalue weighted by Crippen LogP contribution is 2.43. The van der Waals surface area contributed by atoms with Crippen molar-refractivity contribution in [1.29, 1.82) is 5.26 Å². The molecule has 0 bridgehead atoms. The Morgan fingerprint density at radius 2 is 1.86 bits per heavy atom. The fourth-order valence-electron chi connectivity index (χ4n) is 5.71. The Morgan fingerprint density at radius 3 is 2.50 bits per heavy atom. The maximum atomic E-state index is 14.8. The van der Waals surface area contributed by atoms with Gasteiger partial charge in [0.15, 0.2) is 21.5 Å². The third-order valence-corrected chi connectivity index (χ3v) is 9.77. The second-order valence-electron chi connectivity index (χ2n) is 11.3. The molecule has 42 heavy (non-hydrogen) atoms. The van der Waals surface area contributed by atoms with E-state index >= 15 is 0 Å². The quantitative estimate of drug-likeness (QED) is 0.434. The number of nitrogens with zero attached hydrogens (tertiary/aromatic N) is 5. The van der Waals surface area contributed by atoms with E-state index in [2.05, 4.69) is 16.4 Å². The number of hydrogen-bond acceptors (Lipinski definition) is 7. The second kappa shape index (κ2) is 12.2. The van der Waals surface area contributed by atoms with Crippen molar-refractivity contribution < 1.29 is 22.0 Å².